The van der Waals surface area contributed by atoms with Crippen LogP contribution in [0.15, 0.2) is 30.3 Å². The van der Waals surface area contributed by atoms with E-state index in [0.717, 1.165) is 0 Å². The Labute approximate surface area is 112 Å². The highest BCUT2D eigenvalue weighted by Gasteiger charge is 2.07. The van der Waals surface area contributed by atoms with Crippen LogP contribution in [0.3, 0.4) is 0 Å². The number of ether oxygens (including phenoxy) is 1. The van der Waals surface area contributed by atoms with E-state index in [1.165, 1.54) is 30.4 Å². The molecular formula is C17H26O. The Bertz CT molecular complexity index is 354. The van der Waals surface area contributed by atoms with Crippen LogP contribution >= 0.6 is 0 Å². The van der Waals surface area contributed by atoms with E-state index in [4.69, 9.17) is 4.74 Å². The molecule has 0 spiro atoms. The summed E-state index contributed by atoms with van der Waals surface area (Å²) in [6.07, 6.45) is 7.91. The second-order valence-electron chi connectivity index (χ2n) is 5.67. The fourth-order valence-corrected chi connectivity index (χ4v) is 1.66. The van der Waals surface area contributed by atoms with Crippen molar-refractivity contribution in [2.75, 3.05) is 6.61 Å². The van der Waals surface area contributed by atoms with Gasteiger partial charge in [-0.2, -0.15) is 0 Å². The zero-order valence-corrected chi connectivity index (χ0v) is 12.2. The largest absolute Gasteiger partial charge is 0.372 e. The van der Waals surface area contributed by atoms with Gasteiger partial charge < -0.3 is 4.74 Å². The highest BCUT2D eigenvalue weighted by molar-refractivity contribution is 5.49. The maximum Gasteiger partial charge on any atom is 0.0657 e. The van der Waals surface area contributed by atoms with Gasteiger partial charge in [-0.3, -0.25) is 0 Å². The summed E-state index contributed by atoms with van der Waals surface area (Å²) in [4.78, 5) is 0. The predicted octanol–water partition coefficient (Wildman–Crippen LogP) is 4.86. The summed E-state index contributed by atoms with van der Waals surface area (Å²) in [7, 11) is 0. The number of aryl methyl sites for hydroxylation is 1. The lowest BCUT2D eigenvalue weighted by molar-refractivity contribution is 0.0152. The van der Waals surface area contributed by atoms with Crippen LogP contribution in [0, 0.1) is 0 Å². The van der Waals surface area contributed by atoms with Gasteiger partial charge in [0.1, 0.15) is 0 Å². The smallest absolute Gasteiger partial charge is 0.0657 e. The molecule has 0 atom stereocenters. The molecule has 0 saturated carbocycles. The summed E-state index contributed by atoms with van der Waals surface area (Å²) in [5, 5.41) is 0. The summed E-state index contributed by atoms with van der Waals surface area (Å²) in [6.45, 7) is 9.11. The third-order valence-electron chi connectivity index (χ3n) is 2.72. The Morgan fingerprint density at radius 2 is 1.78 bits per heavy atom. The normalized spacial score (nSPS) is 12.2. The Kier molecular flexibility index (Phi) is 6.14. The van der Waals surface area contributed by atoms with E-state index < -0.39 is 0 Å². The average Bonchev–Trinajstić information content (AvgIpc) is 2.32. The molecule has 18 heavy (non-hydrogen) atoms. The molecule has 0 aromatic heterocycles. The van der Waals surface area contributed by atoms with Crippen LogP contribution in [0.4, 0.5) is 0 Å². The van der Waals surface area contributed by atoms with Crippen molar-refractivity contribution in [2.45, 2.75) is 52.6 Å². The van der Waals surface area contributed by atoms with E-state index >= 15 is 0 Å². The maximum atomic E-state index is 5.64. The van der Waals surface area contributed by atoms with Gasteiger partial charge >= 0.3 is 0 Å². The molecule has 0 radical (unpaired) electrons. The number of benzene rings is 1. The average molecular weight is 246 g/mol. The predicted molar refractivity (Wildman–Crippen MR) is 79.8 cm³/mol. The molecule has 0 bridgehead atoms. The molecule has 0 amide bonds. The van der Waals surface area contributed by atoms with Crippen LogP contribution in [0.5, 0.6) is 0 Å². The molecule has 100 valence electrons. The summed E-state index contributed by atoms with van der Waals surface area (Å²) in [5.41, 5.74) is 2.61. The molecular weight excluding hydrogens is 220 g/mol. The van der Waals surface area contributed by atoms with Gasteiger partial charge in [0.2, 0.25) is 0 Å². The SMILES string of the molecule is CCCCc1ccc(/C=C/COC(C)(C)C)cc1. The van der Waals surface area contributed by atoms with Crippen molar-refractivity contribution in [3.05, 3.63) is 41.5 Å². The fraction of sp³-hybridized carbons (Fsp3) is 0.529. The lowest BCUT2D eigenvalue weighted by Crippen LogP contribution is -2.18. The standard InChI is InChI=1S/C17H26O/c1-5-6-8-15-10-12-16(13-11-15)9-7-14-18-17(2,3)4/h7,9-13H,5-6,8,14H2,1-4H3/b9-7+. The van der Waals surface area contributed by atoms with Crippen molar-refractivity contribution in [3.8, 4) is 0 Å². The van der Waals surface area contributed by atoms with Crippen LogP contribution in [0.2, 0.25) is 0 Å². The van der Waals surface area contributed by atoms with Gasteiger partial charge in [-0.25, -0.2) is 0 Å². The Morgan fingerprint density at radius 1 is 1.11 bits per heavy atom. The lowest BCUT2D eigenvalue weighted by Gasteiger charge is -2.17. The lowest BCUT2D eigenvalue weighted by atomic mass is 10.1. The number of hydrogen-bond acceptors (Lipinski definition) is 1. The fourth-order valence-electron chi connectivity index (χ4n) is 1.66. The first-order valence-electron chi connectivity index (χ1n) is 6.91. The second-order valence-corrected chi connectivity index (χ2v) is 5.67. The molecule has 1 heteroatoms. The number of rotatable bonds is 6. The van der Waals surface area contributed by atoms with Gasteiger partial charge in [-0.05, 0) is 44.7 Å². The molecule has 0 unspecified atom stereocenters. The molecule has 1 nitrogen and oxygen atoms in total. The Morgan fingerprint density at radius 3 is 2.33 bits per heavy atom. The first-order valence-corrected chi connectivity index (χ1v) is 6.91. The van der Waals surface area contributed by atoms with E-state index in [1.807, 2.05) is 0 Å². The molecule has 0 N–H and O–H groups in total. The third-order valence-corrected chi connectivity index (χ3v) is 2.72. The minimum absolute atomic E-state index is 0.0612. The highest BCUT2D eigenvalue weighted by Crippen LogP contribution is 2.10. The molecule has 0 heterocycles. The molecule has 0 saturated heterocycles. The first kappa shape index (κ1) is 15.0. The van der Waals surface area contributed by atoms with Crippen molar-refractivity contribution in [1.29, 1.82) is 0 Å². The number of unbranched alkanes of at least 4 members (excludes halogenated alkanes) is 1. The molecule has 0 fully saturated rings. The van der Waals surface area contributed by atoms with E-state index in [-0.39, 0.29) is 5.60 Å². The van der Waals surface area contributed by atoms with Gasteiger partial charge in [-0.1, -0.05) is 49.8 Å². The van der Waals surface area contributed by atoms with E-state index in [1.54, 1.807) is 0 Å². The third kappa shape index (κ3) is 6.61. The van der Waals surface area contributed by atoms with Crippen molar-refractivity contribution in [1.82, 2.24) is 0 Å². The van der Waals surface area contributed by atoms with E-state index in [9.17, 15) is 0 Å². The number of hydrogen-bond donors (Lipinski definition) is 0. The summed E-state index contributed by atoms with van der Waals surface area (Å²) >= 11 is 0. The van der Waals surface area contributed by atoms with E-state index in [0.29, 0.717) is 6.61 Å². The van der Waals surface area contributed by atoms with Gasteiger partial charge in [0.05, 0.1) is 12.2 Å². The van der Waals surface area contributed by atoms with E-state index in [2.05, 4.69) is 64.1 Å². The molecule has 0 aliphatic heterocycles. The van der Waals surface area contributed by atoms with Gasteiger partial charge in [0, 0.05) is 0 Å². The zero-order chi connectivity index (χ0) is 13.4. The van der Waals surface area contributed by atoms with Crippen LogP contribution in [-0.4, -0.2) is 12.2 Å². The maximum absolute atomic E-state index is 5.64. The summed E-state index contributed by atoms with van der Waals surface area (Å²) in [6, 6.07) is 8.80. The molecule has 1 rings (SSSR count). The zero-order valence-electron chi connectivity index (χ0n) is 12.2. The topological polar surface area (TPSA) is 9.23 Å². The van der Waals surface area contributed by atoms with Crippen LogP contribution in [0.1, 0.15) is 51.7 Å². The molecule has 1 aromatic carbocycles. The summed E-state index contributed by atoms with van der Waals surface area (Å²) < 4.78 is 5.64. The molecule has 1 aromatic rings. The monoisotopic (exact) mass is 246 g/mol. The molecule has 0 aliphatic rings. The van der Waals surface area contributed by atoms with Gasteiger partial charge in [0.25, 0.3) is 0 Å². The van der Waals surface area contributed by atoms with Crippen molar-refractivity contribution < 1.29 is 4.74 Å². The Hall–Kier alpha value is -1.08. The second kappa shape index (κ2) is 7.38. The highest BCUT2D eigenvalue weighted by atomic mass is 16.5. The quantitative estimate of drug-likeness (QED) is 0.696. The van der Waals surface area contributed by atoms with Gasteiger partial charge in [-0.15, -0.1) is 0 Å². The van der Waals surface area contributed by atoms with Crippen molar-refractivity contribution >= 4 is 6.08 Å². The van der Waals surface area contributed by atoms with Crippen molar-refractivity contribution in [2.24, 2.45) is 0 Å². The minimum Gasteiger partial charge on any atom is -0.372 e. The first-order chi connectivity index (χ1) is 8.51. The Balaban J connectivity index is 2.41. The minimum atomic E-state index is -0.0612. The van der Waals surface area contributed by atoms with Crippen molar-refractivity contribution in [3.63, 3.8) is 0 Å². The molecule has 0 aliphatic carbocycles. The van der Waals surface area contributed by atoms with Crippen LogP contribution in [-0.2, 0) is 11.2 Å². The van der Waals surface area contributed by atoms with Crippen LogP contribution in [0.25, 0.3) is 6.08 Å². The van der Waals surface area contributed by atoms with Gasteiger partial charge in [0.15, 0.2) is 0 Å². The summed E-state index contributed by atoms with van der Waals surface area (Å²) in [5.74, 6) is 0. The van der Waals surface area contributed by atoms with Crippen LogP contribution < -0.4 is 0 Å².